The smallest absolute Gasteiger partial charge is 0.416 e. The molecular formula is C27H23F3N4O3S. The number of anilines is 1. The van der Waals surface area contributed by atoms with Crippen LogP contribution in [0.25, 0.3) is 32.6 Å². The van der Waals surface area contributed by atoms with Crippen LogP contribution in [0.5, 0.6) is 0 Å². The molecule has 3 aromatic heterocycles. The van der Waals surface area contributed by atoms with Crippen molar-refractivity contribution in [3.63, 3.8) is 0 Å². The topological polar surface area (TPSA) is 93.2 Å². The summed E-state index contributed by atoms with van der Waals surface area (Å²) < 4.78 is 45.6. The molecule has 1 amide bonds. The summed E-state index contributed by atoms with van der Waals surface area (Å²) >= 11 is 1.17. The van der Waals surface area contributed by atoms with Gasteiger partial charge in [-0.25, -0.2) is 4.98 Å². The van der Waals surface area contributed by atoms with Crippen LogP contribution >= 0.6 is 11.3 Å². The van der Waals surface area contributed by atoms with Crippen LogP contribution in [0.3, 0.4) is 0 Å². The Hall–Kier alpha value is -3.96. The van der Waals surface area contributed by atoms with E-state index in [1.807, 2.05) is 18.3 Å². The quantitative estimate of drug-likeness (QED) is 0.235. The van der Waals surface area contributed by atoms with Gasteiger partial charge in [0.15, 0.2) is 0 Å². The van der Waals surface area contributed by atoms with Gasteiger partial charge in [0, 0.05) is 45.9 Å². The Bertz CT molecular complexity index is 1580. The molecule has 0 radical (unpaired) electrons. The maximum Gasteiger partial charge on any atom is 0.416 e. The van der Waals surface area contributed by atoms with Gasteiger partial charge in [-0.1, -0.05) is 12.1 Å². The summed E-state index contributed by atoms with van der Waals surface area (Å²) in [6, 6.07) is 10.1. The largest absolute Gasteiger partial charge is 0.472 e. The van der Waals surface area contributed by atoms with E-state index in [1.165, 1.54) is 29.7 Å². The molecule has 0 saturated heterocycles. The van der Waals surface area contributed by atoms with Crippen molar-refractivity contribution in [2.45, 2.75) is 38.6 Å². The number of alkyl halides is 3. The summed E-state index contributed by atoms with van der Waals surface area (Å²) in [7, 11) is 0. The van der Waals surface area contributed by atoms with Crippen LogP contribution in [0.4, 0.5) is 18.9 Å². The maximum absolute atomic E-state index is 13.1. The van der Waals surface area contributed by atoms with E-state index in [2.05, 4.69) is 15.4 Å². The number of aryl methyl sites for hydroxylation is 1. The van der Waals surface area contributed by atoms with Gasteiger partial charge in [0.1, 0.15) is 10.7 Å². The Morgan fingerprint density at radius 3 is 2.55 bits per heavy atom. The number of rotatable bonds is 7. The van der Waals surface area contributed by atoms with Crippen molar-refractivity contribution in [1.82, 2.24) is 14.8 Å². The van der Waals surface area contributed by atoms with Crippen molar-refractivity contribution in [1.29, 1.82) is 0 Å². The number of nitrogens with zero attached hydrogens (tertiary/aromatic N) is 3. The third-order valence-corrected chi connectivity index (χ3v) is 6.81. The van der Waals surface area contributed by atoms with Crippen molar-refractivity contribution in [3.8, 4) is 21.7 Å². The summed E-state index contributed by atoms with van der Waals surface area (Å²) in [6.45, 7) is 4.00. The molecule has 11 heteroatoms. The molecular weight excluding hydrogens is 517 g/mol. The van der Waals surface area contributed by atoms with Gasteiger partial charge in [0.25, 0.3) is 5.91 Å². The predicted octanol–water partition coefficient (Wildman–Crippen LogP) is 6.85. The lowest BCUT2D eigenvalue weighted by Gasteiger charge is -2.16. The fourth-order valence-corrected chi connectivity index (χ4v) is 4.69. The van der Waals surface area contributed by atoms with Crippen LogP contribution in [0.15, 0.2) is 71.0 Å². The van der Waals surface area contributed by atoms with Crippen LogP contribution in [0, 0.1) is 0 Å². The molecule has 2 N–H and O–H groups in total. The highest BCUT2D eigenvalue weighted by Crippen LogP contribution is 2.34. The number of carbonyl (C=O) groups is 1. The Morgan fingerprint density at radius 1 is 1.13 bits per heavy atom. The fourth-order valence-electron chi connectivity index (χ4n) is 3.88. The number of thiazole rings is 1. The first-order valence-electron chi connectivity index (χ1n) is 11.7. The first-order valence-corrected chi connectivity index (χ1v) is 12.5. The van der Waals surface area contributed by atoms with Gasteiger partial charge in [0.05, 0.1) is 29.2 Å². The van der Waals surface area contributed by atoms with Gasteiger partial charge in [0.2, 0.25) is 0 Å². The first kappa shape index (κ1) is 25.7. The number of hydrogen-bond acceptors (Lipinski definition) is 6. The van der Waals surface area contributed by atoms with Gasteiger partial charge in [-0.05, 0) is 50.6 Å². The summed E-state index contributed by atoms with van der Waals surface area (Å²) in [4.78, 5) is 17.5. The average Bonchev–Trinajstić information content (AvgIpc) is 3.62. The molecule has 3 heterocycles. The van der Waals surface area contributed by atoms with Crippen LogP contribution in [0.1, 0.15) is 36.3 Å². The molecule has 38 heavy (non-hydrogen) atoms. The molecule has 0 aliphatic carbocycles. The number of aliphatic hydroxyl groups is 1. The molecule has 0 unspecified atom stereocenters. The second-order valence-electron chi connectivity index (χ2n) is 9.49. The molecule has 0 saturated carbocycles. The lowest BCUT2D eigenvalue weighted by molar-refractivity contribution is -0.137. The van der Waals surface area contributed by atoms with E-state index in [0.29, 0.717) is 40.3 Å². The standard InChI is InChI=1S/C27H23F3N4O3S/c1-26(2,36)8-9-34-13-18-11-22(20(12-21(18)33-34)17-7-10-37-14-17)31-24(35)23-15-38-25(32-23)16-3-5-19(6-4-16)27(28,29)30/h3-7,10-15,36H,8-9H2,1-2H3,(H,31,35). The maximum atomic E-state index is 13.1. The molecule has 5 aromatic rings. The number of benzene rings is 2. The highest BCUT2D eigenvalue weighted by Gasteiger charge is 2.30. The van der Waals surface area contributed by atoms with Gasteiger partial charge in [-0.3, -0.25) is 9.48 Å². The second kappa shape index (κ2) is 9.73. The minimum atomic E-state index is -4.42. The van der Waals surface area contributed by atoms with E-state index in [9.17, 15) is 23.1 Å². The summed E-state index contributed by atoms with van der Waals surface area (Å²) in [5, 5.41) is 20.3. The van der Waals surface area contributed by atoms with Gasteiger partial charge < -0.3 is 14.8 Å². The predicted molar refractivity (Wildman–Crippen MR) is 139 cm³/mol. The molecule has 0 atom stereocenters. The van der Waals surface area contributed by atoms with E-state index in [-0.39, 0.29) is 5.69 Å². The Labute approximate surface area is 219 Å². The van der Waals surface area contributed by atoms with E-state index in [4.69, 9.17) is 4.42 Å². The Balaban J connectivity index is 1.41. The number of fused-ring (bicyclic) bond motifs is 1. The molecule has 0 aliphatic rings. The van der Waals surface area contributed by atoms with Crippen molar-refractivity contribution >= 4 is 33.8 Å². The zero-order valence-electron chi connectivity index (χ0n) is 20.4. The summed E-state index contributed by atoms with van der Waals surface area (Å²) in [5.74, 6) is -0.460. The second-order valence-corrected chi connectivity index (χ2v) is 10.3. The molecule has 7 nitrogen and oxygen atoms in total. The van der Waals surface area contributed by atoms with Gasteiger partial charge >= 0.3 is 6.18 Å². The minimum Gasteiger partial charge on any atom is -0.472 e. The third kappa shape index (κ3) is 5.63. The number of amides is 1. The van der Waals surface area contributed by atoms with E-state index in [0.717, 1.165) is 23.1 Å². The average molecular weight is 541 g/mol. The van der Waals surface area contributed by atoms with Gasteiger partial charge in [-0.2, -0.15) is 18.3 Å². The van der Waals surface area contributed by atoms with E-state index in [1.54, 1.807) is 36.2 Å². The SMILES string of the molecule is CC(C)(O)CCn1cc2cc(NC(=O)c3csc(-c4ccc(C(F)(F)F)cc4)n3)c(-c3ccoc3)cc2n1. The van der Waals surface area contributed by atoms with Crippen molar-refractivity contribution in [3.05, 3.63) is 77.8 Å². The zero-order valence-corrected chi connectivity index (χ0v) is 21.2. The van der Waals surface area contributed by atoms with E-state index < -0.39 is 23.2 Å². The van der Waals surface area contributed by atoms with Crippen molar-refractivity contribution in [2.24, 2.45) is 0 Å². The molecule has 0 bridgehead atoms. The lowest BCUT2D eigenvalue weighted by atomic mass is 10.0. The number of nitrogens with one attached hydrogen (secondary N) is 1. The molecule has 2 aromatic carbocycles. The highest BCUT2D eigenvalue weighted by molar-refractivity contribution is 7.13. The van der Waals surface area contributed by atoms with Crippen molar-refractivity contribution in [2.75, 3.05) is 5.32 Å². The van der Waals surface area contributed by atoms with Crippen LogP contribution in [0.2, 0.25) is 0 Å². The monoisotopic (exact) mass is 540 g/mol. The summed E-state index contributed by atoms with van der Waals surface area (Å²) in [5.41, 5.74) is 1.74. The van der Waals surface area contributed by atoms with E-state index >= 15 is 0 Å². The normalized spacial score (nSPS) is 12.3. The zero-order chi connectivity index (χ0) is 27.1. The first-order chi connectivity index (χ1) is 18.0. The summed E-state index contributed by atoms with van der Waals surface area (Å²) in [6.07, 6.45) is 1.04. The van der Waals surface area contributed by atoms with Crippen LogP contribution in [-0.4, -0.2) is 31.4 Å². The fraction of sp³-hybridized carbons (Fsp3) is 0.222. The number of carbonyl (C=O) groups excluding carboxylic acids is 1. The molecule has 0 fully saturated rings. The van der Waals surface area contributed by atoms with Gasteiger partial charge in [-0.15, -0.1) is 11.3 Å². The number of furan rings is 1. The molecule has 5 rings (SSSR count). The number of halogens is 3. The van der Waals surface area contributed by atoms with Crippen molar-refractivity contribution < 1.29 is 27.5 Å². The van der Waals surface area contributed by atoms with Crippen LogP contribution in [-0.2, 0) is 12.7 Å². The Kier molecular flexibility index (Phi) is 6.58. The molecule has 196 valence electrons. The molecule has 0 spiro atoms. The molecule has 0 aliphatic heterocycles. The Morgan fingerprint density at radius 2 is 1.89 bits per heavy atom. The van der Waals surface area contributed by atoms with Crippen LogP contribution < -0.4 is 5.32 Å². The minimum absolute atomic E-state index is 0.143. The number of hydrogen-bond donors (Lipinski definition) is 2. The highest BCUT2D eigenvalue weighted by atomic mass is 32.1. The third-order valence-electron chi connectivity index (χ3n) is 5.92. The lowest BCUT2D eigenvalue weighted by Crippen LogP contribution is -2.21. The number of aromatic nitrogens is 3.